The fraction of sp³-hybridized carbons (Fsp3) is 0.650. The number of fused-ring (bicyclic) bond motifs is 3. The van der Waals surface area contributed by atoms with Crippen molar-refractivity contribution in [2.75, 3.05) is 5.75 Å². The third-order valence-corrected chi connectivity index (χ3v) is 8.51. The van der Waals surface area contributed by atoms with Crippen molar-refractivity contribution < 1.29 is 4.79 Å². The number of aryl methyl sites for hydroxylation is 2. The Morgan fingerprint density at radius 2 is 2.11 bits per heavy atom. The summed E-state index contributed by atoms with van der Waals surface area (Å²) in [6.45, 7) is 4.50. The largest absolute Gasteiger partial charge is 0.352 e. The van der Waals surface area contributed by atoms with E-state index in [1.165, 1.54) is 35.0 Å². The molecule has 1 fully saturated rings. The second-order valence-corrected chi connectivity index (χ2v) is 10.1. The van der Waals surface area contributed by atoms with Crippen LogP contribution in [0.4, 0.5) is 0 Å². The number of hydrogen-bond acceptors (Lipinski definition) is 5. The number of hydrogen-bond donors (Lipinski definition) is 1. The van der Waals surface area contributed by atoms with Gasteiger partial charge in [-0.15, -0.1) is 11.3 Å². The quantitative estimate of drug-likeness (QED) is 0.624. The highest BCUT2D eigenvalue weighted by molar-refractivity contribution is 7.99. The van der Waals surface area contributed by atoms with Crippen molar-refractivity contribution in [1.29, 1.82) is 0 Å². The Labute approximate surface area is 167 Å². The number of nitrogens with one attached hydrogen (secondary N) is 1. The van der Waals surface area contributed by atoms with E-state index in [0.29, 0.717) is 22.7 Å². The lowest BCUT2D eigenvalue weighted by Gasteiger charge is -2.34. The Morgan fingerprint density at radius 1 is 1.30 bits per heavy atom. The number of amides is 1. The first kappa shape index (κ1) is 19.0. The molecular weight excluding hydrogens is 378 g/mol. The minimum absolute atomic E-state index is 0.0250. The third-order valence-electron chi connectivity index (χ3n) is 6.29. The molecule has 0 unspecified atom stereocenters. The third kappa shape index (κ3) is 3.56. The lowest BCUT2D eigenvalue weighted by molar-refractivity contribution is -0.120. The molecular formula is C20H27N3O2S2. The Morgan fingerprint density at radius 3 is 2.93 bits per heavy atom. The topological polar surface area (TPSA) is 64.0 Å². The summed E-state index contributed by atoms with van der Waals surface area (Å²) in [7, 11) is 1.76. The van der Waals surface area contributed by atoms with Crippen LogP contribution in [-0.4, -0.2) is 27.3 Å². The fourth-order valence-corrected chi connectivity index (χ4v) is 6.48. The molecule has 5 nitrogen and oxygen atoms in total. The average molecular weight is 406 g/mol. The predicted molar refractivity (Wildman–Crippen MR) is 112 cm³/mol. The number of rotatable bonds is 4. The Kier molecular flexibility index (Phi) is 5.34. The zero-order valence-electron chi connectivity index (χ0n) is 16.2. The molecule has 2 aliphatic rings. The van der Waals surface area contributed by atoms with Gasteiger partial charge < -0.3 is 5.32 Å². The number of carbonyl (C=O) groups excluding carboxylic acids is 1. The van der Waals surface area contributed by atoms with Gasteiger partial charge in [0.15, 0.2) is 5.16 Å². The second-order valence-electron chi connectivity index (χ2n) is 8.03. The average Bonchev–Trinajstić information content (AvgIpc) is 3.21. The van der Waals surface area contributed by atoms with Crippen molar-refractivity contribution in [2.24, 2.45) is 18.9 Å². The molecule has 1 N–H and O–H groups in total. The van der Waals surface area contributed by atoms with Crippen molar-refractivity contribution >= 4 is 39.2 Å². The van der Waals surface area contributed by atoms with Crippen LogP contribution in [0.1, 0.15) is 50.0 Å². The molecule has 4 rings (SSSR count). The summed E-state index contributed by atoms with van der Waals surface area (Å²) in [5, 5.41) is 4.63. The van der Waals surface area contributed by atoms with E-state index in [2.05, 4.69) is 19.2 Å². The highest BCUT2D eigenvalue weighted by Crippen LogP contribution is 2.35. The lowest BCUT2D eigenvalue weighted by Crippen LogP contribution is -2.44. The van der Waals surface area contributed by atoms with E-state index in [1.807, 2.05) is 0 Å². The first-order chi connectivity index (χ1) is 13.0. The van der Waals surface area contributed by atoms with Crippen LogP contribution in [0, 0.1) is 11.8 Å². The summed E-state index contributed by atoms with van der Waals surface area (Å²) in [4.78, 5) is 32.1. The van der Waals surface area contributed by atoms with Gasteiger partial charge in [-0.2, -0.15) is 0 Å². The fourth-order valence-electron chi connectivity index (χ4n) is 4.40. The molecule has 0 bridgehead atoms. The molecule has 0 saturated heterocycles. The smallest absolute Gasteiger partial charge is 0.262 e. The maximum absolute atomic E-state index is 12.8. The van der Waals surface area contributed by atoms with Crippen LogP contribution in [0.25, 0.3) is 10.2 Å². The predicted octanol–water partition coefficient (Wildman–Crippen LogP) is 3.52. The molecule has 1 amide bonds. The summed E-state index contributed by atoms with van der Waals surface area (Å²) in [6.07, 6.45) is 6.67. The Hall–Kier alpha value is -1.34. The van der Waals surface area contributed by atoms with Crippen molar-refractivity contribution in [3.8, 4) is 0 Å². The van der Waals surface area contributed by atoms with Crippen LogP contribution in [0.5, 0.6) is 0 Å². The Bertz CT molecular complexity index is 933. The Balaban J connectivity index is 1.47. The van der Waals surface area contributed by atoms with Crippen molar-refractivity contribution in [3.63, 3.8) is 0 Å². The molecule has 1 saturated carbocycles. The zero-order chi connectivity index (χ0) is 19.1. The van der Waals surface area contributed by atoms with E-state index in [1.54, 1.807) is 23.0 Å². The first-order valence-electron chi connectivity index (χ1n) is 9.89. The normalized spacial score (nSPS) is 24.9. The molecule has 0 radical (unpaired) electrons. The molecule has 146 valence electrons. The van der Waals surface area contributed by atoms with Gasteiger partial charge in [0, 0.05) is 18.0 Å². The van der Waals surface area contributed by atoms with E-state index in [0.717, 1.165) is 35.9 Å². The monoisotopic (exact) mass is 405 g/mol. The summed E-state index contributed by atoms with van der Waals surface area (Å²) >= 11 is 3.01. The number of aromatic nitrogens is 2. The van der Waals surface area contributed by atoms with Crippen LogP contribution < -0.4 is 10.9 Å². The number of nitrogens with zero attached hydrogens (tertiary/aromatic N) is 2. The van der Waals surface area contributed by atoms with Crippen molar-refractivity contribution in [1.82, 2.24) is 14.9 Å². The van der Waals surface area contributed by atoms with Crippen LogP contribution >= 0.6 is 23.1 Å². The zero-order valence-corrected chi connectivity index (χ0v) is 17.8. The van der Waals surface area contributed by atoms with E-state index in [4.69, 9.17) is 4.98 Å². The van der Waals surface area contributed by atoms with E-state index < -0.39 is 0 Å². The first-order valence-corrected chi connectivity index (χ1v) is 11.7. The van der Waals surface area contributed by atoms with Gasteiger partial charge in [-0.3, -0.25) is 14.2 Å². The van der Waals surface area contributed by atoms with Gasteiger partial charge in [-0.25, -0.2) is 4.98 Å². The number of thioether (sulfide) groups is 1. The van der Waals surface area contributed by atoms with Gasteiger partial charge in [0.1, 0.15) is 4.83 Å². The summed E-state index contributed by atoms with van der Waals surface area (Å²) in [5.41, 5.74) is 1.23. The molecule has 2 aliphatic carbocycles. The highest BCUT2D eigenvalue weighted by Gasteiger charge is 2.28. The van der Waals surface area contributed by atoms with Gasteiger partial charge in [0.2, 0.25) is 5.91 Å². The number of thiophene rings is 1. The van der Waals surface area contributed by atoms with Crippen LogP contribution in [-0.2, 0) is 24.7 Å². The highest BCUT2D eigenvalue weighted by atomic mass is 32.2. The van der Waals surface area contributed by atoms with Gasteiger partial charge in [-0.05, 0) is 43.1 Å². The minimum Gasteiger partial charge on any atom is -0.352 e. The molecule has 3 atom stereocenters. The van der Waals surface area contributed by atoms with Crippen LogP contribution in [0.15, 0.2) is 9.95 Å². The van der Waals surface area contributed by atoms with Crippen molar-refractivity contribution in [2.45, 2.75) is 63.6 Å². The van der Waals surface area contributed by atoms with E-state index in [9.17, 15) is 9.59 Å². The van der Waals surface area contributed by atoms with E-state index >= 15 is 0 Å². The minimum atomic E-state index is 0.0250. The molecule has 0 spiro atoms. The maximum atomic E-state index is 12.8. The lowest BCUT2D eigenvalue weighted by atomic mass is 9.78. The van der Waals surface area contributed by atoms with Gasteiger partial charge in [0.25, 0.3) is 5.56 Å². The second kappa shape index (κ2) is 7.59. The van der Waals surface area contributed by atoms with Crippen LogP contribution in [0.2, 0.25) is 0 Å². The molecule has 2 aromatic heterocycles. The molecule has 7 heteroatoms. The molecule has 2 aromatic rings. The van der Waals surface area contributed by atoms with Crippen LogP contribution in [0.3, 0.4) is 0 Å². The van der Waals surface area contributed by atoms with E-state index in [-0.39, 0.29) is 17.5 Å². The molecule has 27 heavy (non-hydrogen) atoms. The molecule has 2 heterocycles. The standard InChI is InChI=1S/C20H27N3O2S2/c1-11-6-4-8-14(12(11)2)21-16(24)10-26-20-22-18-17(19(25)23(20)3)13-7-5-9-15(13)27-18/h11-12,14H,4-10H2,1-3H3,(H,21,24)/t11-,12+,14-/m0/s1. The molecule has 0 aliphatic heterocycles. The summed E-state index contributed by atoms with van der Waals surface area (Å²) < 4.78 is 1.61. The SMILES string of the molecule is C[C@H]1[C@@H](NC(=O)CSc2nc3sc4c(c3c(=O)n2C)CCC4)CCC[C@@H]1C. The summed E-state index contributed by atoms with van der Waals surface area (Å²) in [6, 6.07) is 0.265. The molecule has 0 aromatic carbocycles. The number of carbonyl (C=O) groups is 1. The maximum Gasteiger partial charge on any atom is 0.262 e. The van der Waals surface area contributed by atoms with Gasteiger partial charge in [-0.1, -0.05) is 38.5 Å². The van der Waals surface area contributed by atoms with Gasteiger partial charge >= 0.3 is 0 Å². The van der Waals surface area contributed by atoms with Gasteiger partial charge in [0.05, 0.1) is 11.1 Å². The summed E-state index contributed by atoms with van der Waals surface area (Å²) in [5.74, 6) is 1.51. The van der Waals surface area contributed by atoms with Crippen molar-refractivity contribution in [3.05, 3.63) is 20.8 Å².